The lowest BCUT2D eigenvalue weighted by molar-refractivity contribution is -0.137. The lowest BCUT2D eigenvalue weighted by atomic mass is 9.92. The zero-order chi connectivity index (χ0) is 21.5. The Morgan fingerprint density at radius 3 is 2.77 bits per heavy atom. The number of hydrogen-bond acceptors (Lipinski definition) is 3. The Hall–Kier alpha value is -2.79. The standard InChI is InChI=1S/C26H29NO4/c1-15-10-16(2-7-21(15)17-3-5-19(28)11-17)14-31-20-6-9-24-23(13-20)22-8-4-18(12-25(29)30)26(22)27-24/h2,6-7,9-10,13,17-19,27-28H,3-5,8,11-12,14H2,1H3,(H,29,30)/t17-,18-,19+/m0/s1. The summed E-state index contributed by atoms with van der Waals surface area (Å²) < 4.78 is 6.11. The zero-order valence-corrected chi connectivity index (χ0v) is 17.9. The SMILES string of the molecule is Cc1cc(COc2ccc3[nH]c4c(c3c2)CC[C@H]4CC(=O)O)ccc1[C@H]1CC[C@@H](O)C1. The van der Waals surface area contributed by atoms with Crippen LogP contribution in [-0.4, -0.2) is 27.3 Å². The molecule has 3 N–H and O–H groups in total. The number of aliphatic carboxylic acids is 1. The van der Waals surface area contributed by atoms with Gasteiger partial charge in [-0.05, 0) is 85.4 Å². The first kappa shape index (κ1) is 20.1. The molecule has 0 spiro atoms. The molecule has 2 aliphatic rings. The second-order valence-electron chi connectivity index (χ2n) is 9.20. The van der Waals surface area contributed by atoms with Gasteiger partial charge in [-0.2, -0.15) is 0 Å². The van der Waals surface area contributed by atoms with Crippen LogP contribution in [0.5, 0.6) is 5.75 Å². The van der Waals surface area contributed by atoms with Gasteiger partial charge in [-0.25, -0.2) is 0 Å². The van der Waals surface area contributed by atoms with Gasteiger partial charge in [-0.15, -0.1) is 0 Å². The molecule has 0 amide bonds. The minimum absolute atomic E-state index is 0.0757. The predicted octanol–water partition coefficient (Wildman–Crippen LogP) is 5.19. The van der Waals surface area contributed by atoms with Crippen LogP contribution in [0.1, 0.15) is 71.9 Å². The van der Waals surface area contributed by atoms with E-state index in [0.717, 1.165) is 60.0 Å². The Morgan fingerprint density at radius 1 is 1.16 bits per heavy atom. The van der Waals surface area contributed by atoms with E-state index < -0.39 is 5.97 Å². The predicted molar refractivity (Wildman–Crippen MR) is 120 cm³/mol. The van der Waals surface area contributed by atoms with Gasteiger partial charge >= 0.3 is 5.97 Å². The van der Waals surface area contributed by atoms with Crippen molar-refractivity contribution in [2.75, 3.05) is 0 Å². The highest BCUT2D eigenvalue weighted by molar-refractivity contribution is 5.87. The lowest BCUT2D eigenvalue weighted by Crippen LogP contribution is -2.03. The Labute approximate surface area is 182 Å². The number of carboxylic acids is 1. The number of carbonyl (C=O) groups is 1. The number of aliphatic hydroxyl groups excluding tert-OH is 1. The van der Waals surface area contributed by atoms with E-state index >= 15 is 0 Å². The van der Waals surface area contributed by atoms with Gasteiger partial charge in [0.05, 0.1) is 12.5 Å². The molecule has 0 unspecified atom stereocenters. The number of aliphatic hydroxyl groups is 1. The molecule has 2 aliphatic carbocycles. The Bertz CT molecular complexity index is 1130. The molecule has 1 heterocycles. The molecular formula is C26H29NO4. The van der Waals surface area contributed by atoms with Crippen molar-refractivity contribution in [3.8, 4) is 5.75 Å². The summed E-state index contributed by atoms with van der Waals surface area (Å²) in [5, 5.41) is 20.1. The summed E-state index contributed by atoms with van der Waals surface area (Å²) >= 11 is 0. The van der Waals surface area contributed by atoms with Gasteiger partial charge in [0.15, 0.2) is 0 Å². The number of aromatic nitrogens is 1. The highest BCUT2D eigenvalue weighted by atomic mass is 16.5. The van der Waals surface area contributed by atoms with E-state index in [2.05, 4.69) is 36.2 Å². The van der Waals surface area contributed by atoms with Crippen molar-refractivity contribution in [2.45, 2.75) is 70.0 Å². The average molecular weight is 420 g/mol. The third kappa shape index (κ3) is 3.94. The van der Waals surface area contributed by atoms with Crippen molar-refractivity contribution in [3.05, 3.63) is 64.3 Å². The highest BCUT2D eigenvalue weighted by Gasteiger charge is 2.28. The molecule has 0 saturated heterocycles. The molecule has 162 valence electrons. The second kappa shape index (κ2) is 8.04. The third-order valence-electron chi connectivity index (χ3n) is 7.07. The number of rotatable bonds is 6. The maximum absolute atomic E-state index is 11.1. The molecule has 3 aromatic rings. The van der Waals surface area contributed by atoms with Gasteiger partial charge in [0.25, 0.3) is 0 Å². The fourth-order valence-electron chi connectivity index (χ4n) is 5.53. The second-order valence-corrected chi connectivity index (χ2v) is 9.20. The van der Waals surface area contributed by atoms with Gasteiger partial charge in [0.2, 0.25) is 0 Å². The molecule has 1 aromatic heterocycles. The lowest BCUT2D eigenvalue weighted by Gasteiger charge is -2.15. The summed E-state index contributed by atoms with van der Waals surface area (Å²) in [6.45, 7) is 2.65. The highest BCUT2D eigenvalue weighted by Crippen LogP contribution is 2.40. The summed E-state index contributed by atoms with van der Waals surface area (Å²) in [7, 11) is 0. The molecule has 1 fully saturated rings. The minimum atomic E-state index is -0.744. The fourth-order valence-corrected chi connectivity index (χ4v) is 5.53. The van der Waals surface area contributed by atoms with Crippen LogP contribution in [0.3, 0.4) is 0 Å². The van der Waals surface area contributed by atoms with E-state index in [9.17, 15) is 9.90 Å². The van der Waals surface area contributed by atoms with Gasteiger partial charge in [0, 0.05) is 22.5 Å². The van der Waals surface area contributed by atoms with Gasteiger partial charge in [-0.3, -0.25) is 4.79 Å². The van der Waals surface area contributed by atoms with Gasteiger partial charge in [-0.1, -0.05) is 18.2 Å². The van der Waals surface area contributed by atoms with Gasteiger partial charge in [0.1, 0.15) is 12.4 Å². The first-order valence-corrected chi connectivity index (χ1v) is 11.2. The molecule has 0 bridgehead atoms. The molecule has 5 nitrogen and oxygen atoms in total. The van der Waals surface area contributed by atoms with Crippen molar-refractivity contribution >= 4 is 16.9 Å². The van der Waals surface area contributed by atoms with Crippen LogP contribution in [0.2, 0.25) is 0 Å². The Balaban J connectivity index is 1.30. The van der Waals surface area contributed by atoms with E-state index in [-0.39, 0.29) is 18.4 Å². The van der Waals surface area contributed by atoms with Crippen LogP contribution in [0.25, 0.3) is 10.9 Å². The van der Waals surface area contributed by atoms with E-state index in [0.29, 0.717) is 12.5 Å². The van der Waals surface area contributed by atoms with Crippen LogP contribution in [-0.2, 0) is 17.8 Å². The fraction of sp³-hybridized carbons (Fsp3) is 0.423. The average Bonchev–Trinajstić information content (AvgIpc) is 3.42. The van der Waals surface area contributed by atoms with E-state index in [1.807, 2.05) is 12.1 Å². The quantitative estimate of drug-likeness (QED) is 0.514. The van der Waals surface area contributed by atoms with Crippen LogP contribution >= 0.6 is 0 Å². The smallest absolute Gasteiger partial charge is 0.304 e. The minimum Gasteiger partial charge on any atom is -0.489 e. The van der Waals surface area contributed by atoms with Crippen LogP contribution in [0.4, 0.5) is 0 Å². The number of carboxylic acid groups (broad SMARTS) is 1. The molecule has 5 heteroatoms. The Morgan fingerprint density at radius 2 is 2.03 bits per heavy atom. The van der Waals surface area contributed by atoms with Crippen LogP contribution < -0.4 is 4.74 Å². The number of H-pyrrole nitrogens is 1. The number of ether oxygens (including phenoxy) is 1. The first-order chi connectivity index (χ1) is 15.0. The van der Waals surface area contributed by atoms with Crippen molar-refractivity contribution in [1.29, 1.82) is 0 Å². The van der Waals surface area contributed by atoms with E-state index in [4.69, 9.17) is 9.84 Å². The number of aromatic amines is 1. The molecule has 1 saturated carbocycles. The molecule has 5 rings (SSSR count). The summed E-state index contributed by atoms with van der Waals surface area (Å²) in [5.74, 6) is 0.627. The van der Waals surface area contributed by atoms with Crippen molar-refractivity contribution < 1.29 is 19.7 Å². The zero-order valence-electron chi connectivity index (χ0n) is 17.9. The first-order valence-electron chi connectivity index (χ1n) is 11.2. The summed E-state index contributed by atoms with van der Waals surface area (Å²) in [5.41, 5.74) is 7.12. The van der Waals surface area contributed by atoms with Gasteiger partial charge < -0.3 is 19.9 Å². The van der Waals surface area contributed by atoms with Crippen LogP contribution in [0, 0.1) is 6.92 Å². The maximum atomic E-state index is 11.1. The van der Waals surface area contributed by atoms with Crippen molar-refractivity contribution in [1.82, 2.24) is 4.98 Å². The Kier molecular flexibility index (Phi) is 5.22. The number of nitrogens with one attached hydrogen (secondary N) is 1. The van der Waals surface area contributed by atoms with E-state index in [1.165, 1.54) is 16.7 Å². The third-order valence-corrected chi connectivity index (χ3v) is 7.07. The van der Waals surface area contributed by atoms with Crippen molar-refractivity contribution in [3.63, 3.8) is 0 Å². The maximum Gasteiger partial charge on any atom is 0.304 e. The van der Waals surface area contributed by atoms with Crippen LogP contribution in [0.15, 0.2) is 36.4 Å². The number of fused-ring (bicyclic) bond motifs is 3. The molecule has 3 atom stereocenters. The largest absolute Gasteiger partial charge is 0.489 e. The van der Waals surface area contributed by atoms with Crippen molar-refractivity contribution in [2.24, 2.45) is 0 Å². The molecule has 0 aliphatic heterocycles. The molecular weight excluding hydrogens is 390 g/mol. The summed E-state index contributed by atoms with van der Waals surface area (Å²) in [6.07, 6.45) is 4.65. The number of aryl methyl sites for hydroxylation is 2. The monoisotopic (exact) mass is 419 g/mol. The number of hydrogen-bond donors (Lipinski definition) is 3. The normalized spacial score (nSPS) is 22.7. The summed E-state index contributed by atoms with van der Waals surface area (Å²) in [4.78, 5) is 14.6. The summed E-state index contributed by atoms with van der Waals surface area (Å²) in [6, 6.07) is 12.6. The topological polar surface area (TPSA) is 82.6 Å². The molecule has 2 aromatic carbocycles. The molecule has 0 radical (unpaired) electrons. The molecule has 31 heavy (non-hydrogen) atoms. The number of benzene rings is 2. The van der Waals surface area contributed by atoms with E-state index in [1.54, 1.807) is 0 Å².